The smallest absolute Gasteiger partial charge is 0.104 e. The van der Waals surface area contributed by atoms with Crippen molar-refractivity contribution in [1.82, 2.24) is 5.01 Å². The van der Waals surface area contributed by atoms with Crippen LogP contribution in [-0.4, -0.2) is 37.4 Å². The van der Waals surface area contributed by atoms with Crippen molar-refractivity contribution in [3.8, 4) is 0 Å². The number of quaternary nitrogens is 1. The number of nitrogens with one attached hydrogen (secondary N) is 1. The topological polar surface area (TPSA) is 20.0 Å². The largest absolute Gasteiger partial charge is 0.328 e. The highest BCUT2D eigenvalue weighted by atomic mass is 79.9. The van der Waals surface area contributed by atoms with Crippen LogP contribution in [0, 0.1) is 0 Å². The Morgan fingerprint density at radius 2 is 1.78 bits per heavy atom. The molecule has 23 heavy (non-hydrogen) atoms. The Hall–Kier alpha value is -1.36. The van der Waals surface area contributed by atoms with Gasteiger partial charge in [-0.3, -0.25) is 5.01 Å². The van der Waals surface area contributed by atoms with Gasteiger partial charge in [-0.05, 0) is 12.1 Å². The highest BCUT2D eigenvalue weighted by Gasteiger charge is 2.19. The van der Waals surface area contributed by atoms with Crippen molar-refractivity contribution in [2.24, 2.45) is 5.10 Å². The second-order valence-electron chi connectivity index (χ2n) is 5.74. The van der Waals surface area contributed by atoms with Gasteiger partial charge in [-0.25, -0.2) is 0 Å². The van der Waals surface area contributed by atoms with E-state index in [1.807, 2.05) is 36.5 Å². The standard InChI is InChI=1S/C18H19BrClN3/c19-17-7-3-1-5-15(17)13-21-23-11-9-22(10-12-23)14-16-6-2-4-8-18(16)20/h1-8,13H,9-12,14H2/p+1/b21-13+. The van der Waals surface area contributed by atoms with Crippen LogP contribution >= 0.6 is 27.5 Å². The van der Waals surface area contributed by atoms with E-state index in [1.54, 1.807) is 4.90 Å². The van der Waals surface area contributed by atoms with Gasteiger partial charge in [0.1, 0.15) is 6.54 Å². The van der Waals surface area contributed by atoms with Crippen molar-refractivity contribution in [2.45, 2.75) is 6.54 Å². The zero-order chi connectivity index (χ0) is 16.1. The molecule has 0 aromatic heterocycles. The van der Waals surface area contributed by atoms with E-state index in [4.69, 9.17) is 11.6 Å². The Morgan fingerprint density at radius 3 is 2.52 bits per heavy atom. The molecule has 1 aliphatic heterocycles. The molecule has 0 spiro atoms. The first kappa shape index (κ1) is 16.5. The van der Waals surface area contributed by atoms with Crippen LogP contribution in [0.15, 0.2) is 58.1 Å². The van der Waals surface area contributed by atoms with Gasteiger partial charge in [-0.15, -0.1) is 0 Å². The summed E-state index contributed by atoms with van der Waals surface area (Å²) >= 11 is 9.80. The molecular weight excluding hydrogens is 374 g/mol. The first-order valence-corrected chi connectivity index (χ1v) is 9.00. The van der Waals surface area contributed by atoms with Crippen LogP contribution in [0.25, 0.3) is 0 Å². The van der Waals surface area contributed by atoms with Gasteiger partial charge in [-0.1, -0.05) is 63.9 Å². The van der Waals surface area contributed by atoms with E-state index in [1.165, 1.54) is 5.56 Å². The lowest BCUT2D eigenvalue weighted by molar-refractivity contribution is -0.918. The van der Waals surface area contributed by atoms with Crippen LogP contribution in [0.2, 0.25) is 5.02 Å². The van der Waals surface area contributed by atoms with E-state index in [2.05, 4.69) is 44.2 Å². The summed E-state index contributed by atoms with van der Waals surface area (Å²) in [4.78, 5) is 1.56. The van der Waals surface area contributed by atoms with E-state index in [0.717, 1.165) is 47.8 Å². The fourth-order valence-corrected chi connectivity index (χ4v) is 3.33. The van der Waals surface area contributed by atoms with Gasteiger partial charge in [0.15, 0.2) is 0 Å². The summed E-state index contributed by atoms with van der Waals surface area (Å²) in [6, 6.07) is 16.3. The van der Waals surface area contributed by atoms with Gasteiger partial charge in [0.25, 0.3) is 0 Å². The molecule has 0 aliphatic carbocycles. The molecule has 2 aromatic carbocycles. The van der Waals surface area contributed by atoms with Gasteiger partial charge in [0, 0.05) is 20.6 Å². The Morgan fingerprint density at radius 1 is 1.09 bits per heavy atom. The summed E-state index contributed by atoms with van der Waals surface area (Å²) < 4.78 is 1.08. The SMILES string of the molecule is Clc1ccccc1C[NH+]1CCN(/N=C/c2ccccc2Br)CC1. The molecule has 0 amide bonds. The molecule has 2 aromatic rings. The predicted molar refractivity (Wildman–Crippen MR) is 99.2 cm³/mol. The summed E-state index contributed by atoms with van der Waals surface area (Å²) in [5, 5.41) is 7.63. The van der Waals surface area contributed by atoms with Crippen molar-refractivity contribution in [3.63, 3.8) is 0 Å². The molecule has 1 N–H and O–H groups in total. The van der Waals surface area contributed by atoms with Crippen LogP contribution in [0.5, 0.6) is 0 Å². The number of nitrogens with zero attached hydrogens (tertiary/aromatic N) is 2. The molecule has 0 radical (unpaired) electrons. The molecule has 1 aliphatic rings. The molecule has 0 saturated carbocycles. The Balaban J connectivity index is 1.53. The highest BCUT2D eigenvalue weighted by Crippen LogP contribution is 2.14. The lowest BCUT2D eigenvalue weighted by Crippen LogP contribution is -3.13. The highest BCUT2D eigenvalue weighted by molar-refractivity contribution is 9.10. The van der Waals surface area contributed by atoms with Gasteiger partial charge in [0.2, 0.25) is 0 Å². The molecule has 0 atom stereocenters. The maximum atomic E-state index is 6.25. The number of hydrazone groups is 1. The maximum Gasteiger partial charge on any atom is 0.104 e. The van der Waals surface area contributed by atoms with Gasteiger partial charge in [0.05, 0.1) is 32.4 Å². The van der Waals surface area contributed by atoms with E-state index in [9.17, 15) is 0 Å². The third-order valence-corrected chi connectivity index (χ3v) is 5.20. The van der Waals surface area contributed by atoms with Crippen LogP contribution in [0.4, 0.5) is 0 Å². The third-order valence-electron chi connectivity index (χ3n) is 4.11. The predicted octanol–water partition coefficient (Wildman–Crippen LogP) is 2.84. The number of benzene rings is 2. The Kier molecular flexibility index (Phi) is 5.70. The zero-order valence-corrected chi connectivity index (χ0v) is 15.2. The summed E-state index contributed by atoms with van der Waals surface area (Å²) in [5.41, 5.74) is 2.34. The number of hydrogen-bond acceptors (Lipinski definition) is 2. The second kappa shape index (κ2) is 7.95. The minimum atomic E-state index is 0.870. The first-order chi connectivity index (χ1) is 11.2. The minimum absolute atomic E-state index is 0.870. The van der Waals surface area contributed by atoms with Gasteiger partial charge < -0.3 is 4.90 Å². The molecule has 120 valence electrons. The molecule has 3 nitrogen and oxygen atoms in total. The van der Waals surface area contributed by atoms with Crippen molar-refractivity contribution in [2.75, 3.05) is 26.2 Å². The average Bonchev–Trinajstić information content (AvgIpc) is 2.57. The van der Waals surface area contributed by atoms with Crippen LogP contribution < -0.4 is 4.90 Å². The lowest BCUT2D eigenvalue weighted by atomic mass is 10.2. The van der Waals surface area contributed by atoms with Crippen molar-refractivity contribution in [3.05, 3.63) is 69.2 Å². The fraction of sp³-hybridized carbons (Fsp3) is 0.278. The fourth-order valence-electron chi connectivity index (χ4n) is 2.74. The van der Waals surface area contributed by atoms with Crippen LogP contribution in [0.1, 0.15) is 11.1 Å². The minimum Gasteiger partial charge on any atom is -0.328 e. The number of piperazine rings is 1. The summed E-state index contributed by atoms with van der Waals surface area (Å²) in [5.74, 6) is 0. The Labute approximate surface area is 150 Å². The molecule has 5 heteroatoms. The van der Waals surface area contributed by atoms with E-state index >= 15 is 0 Å². The Bertz CT molecular complexity index is 681. The molecule has 0 bridgehead atoms. The van der Waals surface area contributed by atoms with Gasteiger partial charge in [-0.2, -0.15) is 5.10 Å². The van der Waals surface area contributed by atoms with Crippen molar-refractivity contribution < 1.29 is 4.90 Å². The molecule has 1 saturated heterocycles. The number of rotatable bonds is 4. The first-order valence-electron chi connectivity index (χ1n) is 7.83. The van der Waals surface area contributed by atoms with E-state index in [-0.39, 0.29) is 0 Å². The molecule has 3 rings (SSSR count). The number of hydrogen-bond donors (Lipinski definition) is 1. The van der Waals surface area contributed by atoms with E-state index in [0.29, 0.717) is 0 Å². The van der Waals surface area contributed by atoms with E-state index < -0.39 is 0 Å². The molecule has 1 heterocycles. The van der Waals surface area contributed by atoms with Crippen molar-refractivity contribution in [1.29, 1.82) is 0 Å². The lowest BCUT2D eigenvalue weighted by Gasteiger charge is -2.30. The molecular formula is C18H20BrClN3+. The summed E-state index contributed by atoms with van der Waals surface area (Å²) in [6.07, 6.45) is 1.93. The van der Waals surface area contributed by atoms with Crippen LogP contribution in [-0.2, 0) is 6.54 Å². The molecule has 0 unspecified atom stereocenters. The third kappa shape index (κ3) is 4.56. The van der Waals surface area contributed by atoms with Crippen molar-refractivity contribution >= 4 is 33.7 Å². The summed E-state index contributed by atoms with van der Waals surface area (Å²) in [7, 11) is 0. The second-order valence-corrected chi connectivity index (χ2v) is 7.00. The zero-order valence-electron chi connectivity index (χ0n) is 12.9. The quantitative estimate of drug-likeness (QED) is 0.792. The normalized spacial score (nSPS) is 16.2. The molecule has 1 fully saturated rings. The summed E-state index contributed by atoms with van der Waals surface area (Å²) in [6.45, 7) is 5.10. The monoisotopic (exact) mass is 392 g/mol. The van der Waals surface area contributed by atoms with Gasteiger partial charge >= 0.3 is 0 Å². The number of halogens is 2. The van der Waals surface area contributed by atoms with Crippen LogP contribution in [0.3, 0.4) is 0 Å². The maximum absolute atomic E-state index is 6.25. The average molecular weight is 394 g/mol.